The number of rotatable bonds is 8. The van der Waals surface area contributed by atoms with Crippen LogP contribution >= 0.6 is 0 Å². The lowest BCUT2D eigenvalue weighted by molar-refractivity contribution is -0.135. The molecule has 2 aromatic carbocycles. The largest absolute Gasteiger partial charge is 0.487 e. The lowest BCUT2D eigenvalue weighted by Crippen LogP contribution is -2.61. The number of hydrogen-bond acceptors (Lipinski definition) is 5. The molecule has 8 nitrogen and oxygen atoms in total. The molecule has 0 saturated carbocycles. The van der Waals surface area contributed by atoms with E-state index < -0.39 is 30.1 Å². The summed E-state index contributed by atoms with van der Waals surface area (Å²) in [5.41, 5.74) is 1.89. The Bertz CT molecular complexity index is 1100. The molecular formula is C30H40N4O4. The van der Waals surface area contributed by atoms with Crippen LogP contribution in [0.3, 0.4) is 0 Å². The van der Waals surface area contributed by atoms with Gasteiger partial charge in [0.15, 0.2) is 0 Å². The van der Waals surface area contributed by atoms with E-state index in [1.165, 1.54) is 0 Å². The first kappa shape index (κ1) is 28.9. The standard InChI is InChI=1S/C30H40N4O4/c1-19(2)17-25-28(35)32-16-15-21-11-13-23(14-12-21)38-27(20(3)4)26(30(37)33-25)34-29(36)24(31-5)18-22-9-7-6-8-10-22/h6-16,19-20,24-27,31H,17-18H2,1-5H3,(H,32,35)(H,33,37)(H,34,36)/t24-,25+,26+,27+/m0/s1. The summed E-state index contributed by atoms with van der Waals surface area (Å²) < 4.78 is 6.31. The zero-order valence-corrected chi connectivity index (χ0v) is 22.9. The predicted molar refractivity (Wildman–Crippen MR) is 149 cm³/mol. The first-order chi connectivity index (χ1) is 18.2. The van der Waals surface area contributed by atoms with Gasteiger partial charge < -0.3 is 26.0 Å². The minimum absolute atomic E-state index is 0.127. The minimum atomic E-state index is -1.03. The van der Waals surface area contributed by atoms with Crippen molar-refractivity contribution < 1.29 is 19.1 Å². The number of carbonyl (C=O) groups is 3. The molecule has 0 fully saturated rings. The highest BCUT2D eigenvalue weighted by atomic mass is 16.5. The third-order valence-electron chi connectivity index (χ3n) is 6.51. The van der Waals surface area contributed by atoms with E-state index in [1.54, 1.807) is 19.3 Å². The second-order valence-electron chi connectivity index (χ2n) is 10.4. The summed E-state index contributed by atoms with van der Waals surface area (Å²) in [4.78, 5) is 40.3. The lowest BCUT2D eigenvalue weighted by Gasteiger charge is -2.33. The van der Waals surface area contributed by atoms with Crippen LogP contribution in [0.1, 0.15) is 45.2 Å². The molecule has 2 aliphatic heterocycles. The number of fused-ring (bicyclic) bond motifs is 10. The molecule has 2 heterocycles. The van der Waals surface area contributed by atoms with Crippen LogP contribution in [0, 0.1) is 11.8 Å². The molecule has 4 N–H and O–H groups in total. The van der Waals surface area contributed by atoms with Crippen molar-refractivity contribution >= 4 is 23.8 Å². The average Bonchev–Trinajstić information content (AvgIpc) is 2.89. The van der Waals surface area contributed by atoms with E-state index in [0.717, 1.165) is 11.1 Å². The fraction of sp³-hybridized carbons (Fsp3) is 0.433. The van der Waals surface area contributed by atoms with Gasteiger partial charge in [0.2, 0.25) is 17.7 Å². The van der Waals surface area contributed by atoms with Gasteiger partial charge in [-0.05, 0) is 61.1 Å². The Morgan fingerprint density at radius 1 is 0.974 bits per heavy atom. The van der Waals surface area contributed by atoms with Gasteiger partial charge in [-0.25, -0.2) is 0 Å². The van der Waals surface area contributed by atoms with E-state index in [4.69, 9.17) is 4.74 Å². The number of amides is 3. The van der Waals surface area contributed by atoms with E-state index in [-0.39, 0.29) is 23.7 Å². The van der Waals surface area contributed by atoms with Crippen LogP contribution in [0.25, 0.3) is 6.08 Å². The van der Waals surface area contributed by atoms with Crippen molar-refractivity contribution in [2.24, 2.45) is 11.8 Å². The van der Waals surface area contributed by atoms with Gasteiger partial charge in [-0.15, -0.1) is 0 Å². The Morgan fingerprint density at radius 2 is 1.66 bits per heavy atom. The molecule has 4 atom stereocenters. The third kappa shape index (κ3) is 8.18. The van der Waals surface area contributed by atoms with Gasteiger partial charge in [-0.3, -0.25) is 14.4 Å². The molecule has 38 heavy (non-hydrogen) atoms. The number of hydrogen-bond donors (Lipinski definition) is 4. The second-order valence-corrected chi connectivity index (χ2v) is 10.4. The lowest BCUT2D eigenvalue weighted by atomic mass is 9.96. The average molecular weight is 521 g/mol. The fourth-order valence-electron chi connectivity index (χ4n) is 4.42. The van der Waals surface area contributed by atoms with E-state index >= 15 is 0 Å². The molecular weight excluding hydrogens is 480 g/mol. The molecule has 0 spiro atoms. The maximum absolute atomic E-state index is 13.8. The van der Waals surface area contributed by atoms with Gasteiger partial charge >= 0.3 is 0 Å². The molecule has 0 aromatic heterocycles. The van der Waals surface area contributed by atoms with Crippen LogP contribution in [0.2, 0.25) is 0 Å². The molecule has 3 amide bonds. The van der Waals surface area contributed by atoms with Crippen molar-refractivity contribution in [1.29, 1.82) is 0 Å². The van der Waals surface area contributed by atoms with Crippen molar-refractivity contribution in [2.75, 3.05) is 7.05 Å². The smallest absolute Gasteiger partial charge is 0.247 e. The van der Waals surface area contributed by atoms with Gasteiger partial charge in [0, 0.05) is 6.20 Å². The van der Waals surface area contributed by atoms with Crippen LogP contribution in [0.4, 0.5) is 0 Å². The highest BCUT2D eigenvalue weighted by Gasteiger charge is 2.37. The highest BCUT2D eigenvalue weighted by Crippen LogP contribution is 2.21. The molecule has 2 aromatic rings. The molecule has 0 unspecified atom stereocenters. The Hall–Kier alpha value is -3.65. The molecule has 0 aliphatic carbocycles. The summed E-state index contributed by atoms with van der Waals surface area (Å²) >= 11 is 0. The summed E-state index contributed by atoms with van der Waals surface area (Å²) in [6.45, 7) is 7.86. The van der Waals surface area contributed by atoms with Gasteiger partial charge in [0.25, 0.3) is 0 Å². The van der Waals surface area contributed by atoms with Crippen molar-refractivity contribution in [1.82, 2.24) is 21.3 Å². The maximum Gasteiger partial charge on any atom is 0.247 e. The summed E-state index contributed by atoms with van der Waals surface area (Å²) in [6, 6.07) is 14.7. The number of ether oxygens (including phenoxy) is 1. The molecule has 4 rings (SSSR count). The summed E-state index contributed by atoms with van der Waals surface area (Å²) in [7, 11) is 1.72. The van der Waals surface area contributed by atoms with Crippen LogP contribution in [0.15, 0.2) is 60.8 Å². The van der Waals surface area contributed by atoms with Crippen molar-refractivity contribution in [3.8, 4) is 5.75 Å². The molecule has 0 radical (unpaired) electrons. The molecule has 2 aliphatic rings. The summed E-state index contributed by atoms with van der Waals surface area (Å²) in [6.07, 6.45) is 3.58. The maximum atomic E-state index is 13.8. The van der Waals surface area contributed by atoms with Gasteiger partial charge in [0.1, 0.15) is 23.9 Å². The van der Waals surface area contributed by atoms with Crippen molar-refractivity contribution in [3.63, 3.8) is 0 Å². The SMILES string of the molecule is CN[C@@H](Cc1ccccc1)C(=O)N[C@H]1C(=O)N[C@H](CC(C)C)C(=O)NC=Cc2ccc(cc2)O[C@@H]1C(C)C. The van der Waals surface area contributed by atoms with Gasteiger partial charge in [0.05, 0.1) is 6.04 Å². The Balaban J connectivity index is 1.95. The Kier molecular flexibility index (Phi) is 10.5. The van der Waals surface area contributed by atoms with E-state index in [1.807, 2.05) is 82.3 Å². The first-order valence-corrected chi connectivity index (χ1v) is 13.2. The van der Waals surface area contributed by atoms with Crippen LogP contribution in [-0.4, -0.2) is 49.0 Å². The van der Waals surface area contributed by atoms with E-state index in [9.17, 15) is 14.4 Å². The molecule has 2 bridgehead atoms. The number of benzene rings is 2. The fourth-order valence-corrected chi connectivity index (χ4v) is 4.42. The Labute approximate surface area is 225 Å². The monoisotopic (exact) mass is 520 g/mol. The van der Waals surface area contributed by atoms with Crippen LogP contribution in [-0.2, 0) is 20.8 Å². The molecule has 8 heteroatoms. The zero-order chi connectivity index (χ0) is 27.7. The third-order valence-corrected chi connectivity index (χ3v) is 6.51. The normalized spacial score (nSPS) is 20.9. The number of nitrogens with one attached hydrogen (secondary N) is 4. The van der Waals surface area contributed by atoms with Gasteiger partial charge in [-0.1, -0.05) is 70.2 Å². The quantitative estimate of drug-likeness (QED) is 0.428. The second kappa shape index (κ2) is 13.8. The predicted octanol–water partition coefficient (Wildman–Crippen LogP) is 3.04. The Morgan fingerprint density at radius 3 is 2.26 bits per heavy atom. The molecule has 204 valence electrons. The van der Waals surface area contributed by atoms with Crippen LogP contribution < -0.4 is 26.0 Å². The van der Waals surface area contributed by atoms with Gasteiger partial charge in [-0.2, -0.15) is 0 Å². The number of carbonyl (C=O) groups excluding carboxylic acids is 3. The van der Waals surface area contributed by atoms with Crippen LogP contribution in [0.5, 0.6) is 5.75 Å². The topological polar surface area (TPSA) is 109 Å². The number of likely N-dealkylation sites (N-methyl/N-ethyl adjacent to an activating group) is 1. The highest BCUT2D eigenvalue weighted by molar-refractivity contribution is 5.94. The van der Waals surface area contributed by atoms with Crippen molar-refractivity contribution in [3.05, 3.63) is 71.9 Å². The van der Waals surface area contributed by atoms with E-state index in [0.29, 0.717) is 18.6 Å². The minimum Gasteiger partial charge on any atom is -0.487 e. The summed E-state index contributed by atoms with van der Waals surface area (Å²) in [5.74, 6) is -0.493. The molecule has 0 saturated heterocycles. The zero-order valence-electron chi connectivity index (χ0n) is 22.9. The summed E-state index contributed by atoms with van der Waals surface area (Å²) in [5, 5.41) is 11.7. The first-order valence-electron chi connectivity index (χ1n) is 13.2. The van der Waals surface area contributed by atoms with E-state index in [2.05, 4.69) is 21.3 Å². The van der Waals surface area contributed by atoms with Crippen molar-refractivity contribution in [2.45, 2.75) is 64.8 Å².